The highest BCUT2D eigenvalue weighted by molar-refractivity contribution is 6.02. The van der Waals surface area contributed by atoms with Gasteiger partial charge in [-0.1, -0.05) is 24.3 Å². The van der Waals surface area contributed by atoms with Crippen LogP contribution in [-0.2, 0) is 6.54 Å². The van der Waals surface area contributed by atoms with Crippen LogP contribution in [0.5, 0.6) is 5.75 Å². The number of carbonyl (C=O) groups is 1. The van der Waals surface area contributed by atoms with Gasteiger partial charge in [0.15, 0.2) is 5.78 Å². The average molecular weight is 334 g/mol. The third kappa shape index (κ3) is 2.57. The number of para-hydroxylation sites is 1. The normalized spacial score (nSPS) is 11.1. The number of furan rings is 1. The van der Waals surface area contributed by atoms with Crippen molar-refractivity contribution in [2.75, 3.05) is 7.11 Å². The number of ketones is 1. The van der Waals surface area contributed by atoms with Crippen molar-refractivity contribution in [3.8, 4) is 5.75 Å². The zero-order valence-electron chi connectivity index (χ0n) is 13.4. The number of rotatable bonds is 4. The predicted octanol–water partition coefficient (Wildman–Crippen LogP) is 3.03. The van der Waals surface area contributed by atoms with Crippen LogP contribution in [0.3, 0.4) is 0 Å². The number of Topliss-reactive ketones (excluding diaryl/α,β-unsaturated/α-hetero) is 1. The van der Waals surface area contributed by atoms with Crippen molar-refractivity contribution in [1.82, 2.24) is 9.55 Å². The molecule has 0 radical (unpaired) electrons. The van der Waals surface area contributed by atoms with Gasteiger partial charge in [0.2, 0.25) is 5.58 Å². The average Bonchev–Trinajstić information content (AvgIpc) is 3.03. The van der Waals surface area contributed by atoms with Crippen molar-refractivity contribution < 1.29 is 13.9 Å². The lowest BCUT2D eigenvalue weighted by Crippen LogP contribution is -2.24. The Balaban J connectivity index is 1.74. The number of aromatic nitrogens is 2. The van der Waals surface area contributed by atoms with Crippen LogP contribution < -0.4 is 10.3 Å². The zero-order chi connectivity index (χ0) is 17.4. The predicted molar refractivity (Wildman–Crippen MR) is 93.1 cm³/mol. The maximum absolute atomic E-state index is 12.6. The van der Waals surface area contributed by atoms with Gasteiger partial charge in [-0.2, -0.15) is 0 Å². The van der Waals surface area contributed by atoms with E-state index in [1.165, 1.54) is 18.0 Å². The van der Waals surface area contributed by atoms with Gasteiger partial charge in [0.1, 0.15) is 16.8 Å². The summed E-state index contributed by atoms with van der Waals surface area (Å²) < 4.78 is 12.0. The molecule has 2 aromatic heterocycles. The van der Waals surface area contributed by atoms with Crippen LogP contribution in [0, 0.1) is 0 Å². The summed E-state index contributed by atoms with van der Waals surface area (Å²) >= 11 is 0. The lowest BCUT2D eigenvalue weighted by atomic mass is 10.1. The molecule has 6 heteroatoms. The number of benzene rings is 2. The summed E-state index contributed by atoms with van der Waals surface area (Å²) in [6.45, 7) is -0.119. The Morgan fingerprint density at radius 3 is 2.88 bits per heavy atom. The van der Waals surface area contributed by atoms with Crippen molar-refractivity contribution in [2.45, 2.75) is 6.54 Å². The third-order valence-electron chi connectivity index (χ3n) is 4.06. The van der Waals surface area contributed by atoms with Crippen LogP contribution >= 0.6 is 0 Å². The molecule has 4 rings (SSSR count). The number of nitrogens with zero attached hydrogens (tertiary/aromatic N) is 2. The molecule has 0 spiro atoms. The Kier molecular flexibility index (Phi) is 3.57. The third-order valence-corrected chi connectivity index (χ3v) is 4.06. The van der Waals surface area contributed by atoms with Gasteiger partial charge in [-0.05, 0) is 24.3 Å². The van der Waals surface area contributed by atoms with Crippen molar-refractivity contribution in [1.29, 1.82) is 0 Å². The number of methoxy groups -OCH3 is 1. The fourth-order valence-corrected chi connectivity index (χ4v) is 2.77. The molecule has 0 fully saturated rings. The smallest absolute Gasteiger partial charge is 0.297 e. The van der Waals surface area contributed by atoms with E-state index in [-0.39, 0.29) is 23.5 Å². The summed E-state index contributed by atoms with van der Waals surface area (Å²) in [5.41, 5.74) is 1.35. The van der Waals surface area contributed by atoms with Gasteiger partial charge < -0.3 is 9.15 Å². The van der Waals surface area contributed by atoms with E-state index < -0.39 is 0 Å². The first-order valence-electron chi connectivity index (χ1n) is 7.71. The Morgan fingerprint density at radius 2 is 2.04 bits per heavy atom. The van der Waals surface area contributed by atoms with Gasteiger partial charge in [0.25, 0.3) is 5.56 Å². The van der Waals surface area contributed by atoms with Crippen LogP contribution in [0.1, 0.15) is 10.4 Å². The summed E-state index contributed by atoms with van der Waals surface area (Å²) in [6, 6.07) is 14.1. The zero-order valence-corrected chi connectivity index (χ0v) is 13.4. The van der Waals surface area contributed by atoms with Crippen molar-refractivity contribution >= 4 is 27.9 Å². The second-order valence-electron chi connectivity index (χ2n) is 5.61. The molecule has 2 heterocycles. The Labute approximate surface area is 142 Å². The van der Waals surface area contributed by atoms with Gasteiger partial charge in [-0.15, -0.1) is 0 Å². The van der Waals surface area contributed by atoms with E-state index in [1.807, 2.05) is 18.2 Å². The van der Waals surface area contributed by atoms with Gasteiger partial charge in [-0.3, -0.25) is 14.2 Å². The van der Waals surface area contributed by atoms with Gasteiger partial charge in [-0.25, -0.2) is 4.98 Å². The molecule has 6 nitrogen and oxygen atoms in total. The molecule has 124 valence electrons. The quantitative estimate of drug-likeness (QED) is 0.536. The van der Waals surface area contributed by atoms with E-state index in [0.717, 1.165) is 5.39 Å². The largest absolute Gasteiger partial charge is 0.497 e. The maximum Gasteiger partial charge on any atom is 0.297 e. The highest BCUT2D eigenvalue weighted by atomic mass is 16.5. The number of ether oxygens (including phenoxy) is 1. The molecular weight excluding hydrogens is 320 g/mol. The van der Waals surface area contributed by atoms with Crippen LogP contribution in [0.4, 0.5) is 0 Å². The fourth-order valence-electron chi connectivity index (χ4n) is 2.77. The van der Waals surface area contributed by atoms with E-state index in [4.69, 9.17) is 9.15 Å². The Hall–Kier alpha value is -3.41. The molecule has 0 N–H and O–H groups in total. The van der Waals surface area contributed by atoms with Crippen molar-refractivity contribution in [2.24, 2.45) is 0 Å². The molecule has 0 unspecified atom stereocenters. The van der Waals surface area contributed by atoms with E-state index in [1.54, 1.807) is 30.3 Å². The van der Waals surface area contributed by atoms with Crippen molar-refractivity contribution in [3.05, 3.63) is 70.8 Å². The van der Waals surface area contributed by atoms with E-state index in [9.17, 15) is 9.59 Å². The molecule has 25 heavy (non-hydrogen) atoms. The second kappa shape index (κ2) is 5.90. The first-order valence-corrected chi connectivity index (χ1v) is 7.71. The molecule has 0 aliphatic carbocycles. The van der Waals surface area contributed by atoms with Crippen LogP contribution in [0.15, 0.2) is 64.1 Å². The molecule has 0 saturated heterocycles. The lowest BCUT2D eigenvalue weighted by molar-refractivity contribution is 0.0970. The van der Waals surface area contributed by atoms with Gasteiger partial charge in [0, 0.05) is 10.9 Å². The molecule has 2 aromatic carbocycles. The highest BCUT2D eigenvalue weighted by Crippen LogP contribution is 2.24. The first-order chi connectivity index (χ1) is 12.2. The summed E-state index contributed by atoms with van der Waals surface area (Å²) in [4.78, 5) is 29.4. The minimum atomic E-state index is -0.377. The van der Waals surface area contributed by atoms with Crippen LogP contribution in [-0.4, -0.2) is 22.4 Å². The highest BCUT2D eigenvalue weighted by Gasteiger charge is 2.15. The van der Waals surface area contributed by atoms with Gasteiger partial charge >= 0.3 is 0 Å². The molecule has 0 aliphatic heterocycles. The molecule has 0 bridgehead atoms. The number of fused-ring (bicyclic) bond motifs is 3. The van der Waals surface area contributed by atoms with Gasteiger partial charge in [0.05, 0.1) is 20.0 Å². The fraction of sp³-hybridized carbons (Fsp3) is 0.105. The van der Waals surface area contributed by atoms with E-state index >= 15 is 0 Å². The Morgan fingerprint density at radius 1 is 1.20 bits per heavy atom. The summed E-state index contributed by atoms with van der Waals surface area (Å²) in [7, 11) is 1.54. The maximum atomic E-state index is 12.6. The molecule has 0 amide bonds. The summed E-state index contributed by atoms with van der Waals surface area (Å²) in [6.07, 6.45) is 1.38. The second-order valence-corrected chi connectivity index (χ2v) is 5.61. The SMILES string of the molecule is COc1cccc(C(=O)Cn2cnc3c(oc4ccccc43)c2=O)c1. The first kappa shape index (κ1) is 15.1. The number of hydrogen-bond acceptors (Lipinski definition) is 5. The summed E-state index contributed by atoms with van der Waals surface area (Å²) in [5.74, 6) is 0.377. The number of carbonyl (C=O) groups excluding carboxylic acids is 1. The standard InChI is InChI=1S/C19H14N2O4/c1-24-13-6-4-5-12(9-13)15(22)10-21-11-20-17-14-7-2-3-8-16(14)25-18(17)19(21)23/h2-9,11H,10H2,1H3. The minimum absolute atomic E-state index is 0.119. The van der Waals surface area contributed by atoms with Crippen LogP contribution in [0.25, 0.3) is 22.1 Å². The molecule has 0 aliphatic rings. The molecular formula is C19H14N2O4. The Bertz CT molecular complexity index is 1160. The van der Waals surface area contributed by atoms with Crippen molar-refractivity contribution in [3.63, 3.8) is 0 Å². The van der Waals surface area contributed by atoms with E-state index in [0.29, 0.717) is 22.4 Å². The monoisotopic (exact) mass is 334 g/mol. The number of hydrogen-bond donors (Lipinski definition) is 0. The topological polar surface area (TPSA) is 74.3 Å². The molecule has 0 atom stereocenters. The van der Waals surface area contributed by atoms with Crippen LogP contribution in [0.2, 0.25) is 0 Å². The van der Waals surface area contributed by atoms with E-state index in [2.05, 4.69) is 4.98 Å². The minimum Gasteiger partial charge on any atom is -0.497 e. The summed E-state index contributed by atoms with van der Waals surface area (Å²) in [5, 5.41) is 0.779. The molecule has 4 aromatic rings. The molecule has 0 saturated carbocycles. The lowest BCUT2D eigenvalue weighted by Gasteiger charge is -2.06.